The first-order chi connectivity index (χ1) is 12.2. The van der Waals surface area contributed by atoms with Gasteiger partial charge in [0.2, 0.25) is 0 Å². The number of carbonyl (C=O) groups excluding carboxylic acids is 2. The van der Waals surface area contributed by atoms with E-state index in [4.69, 9.17) is 14.2 Å². The Morgan fingerprint density at radius 1 is 1.27 bits per heavy atom. The molecule has 1 amide bonds. The molecule has 6 nitrogen and oxygen atoms in total. The Labute approximate surface area is 155 Å². The summed E-state index contributed by atoms with van der Waals surface area (Å²) >= 11 is 0. The molecule has 1 aromatic carbocycles. The Kier molecular flexibility index (Phi) is 6.51. The van der Waals surface area contributed by atoms with Gasteiger partial charge >= 0.3 is 12.1 Å². The molecule has 2 rings (SSSR count). The van der Waals surface area contributed by atoms with Crippen LogP contribution in [0.5, 0.6) is 5.75 Å². The number of rotatable bonds is 5. The van der Waals surface area contributed by atoms with Crippen LogP contribution in [-0.2, 0) is 20.8 Å². The maximum Gasteiger partial charge on any atom is 0.413 e. The molecule has 1 aliphatic rings. The van der Waals surface area contributed by atoms with Gasteiger partial charge in [-0.05, 0) is 45.6 Å². The minimum Gasteiger partial charge on any atom is -0.472 e. The molecule has 0 fully saturated rings. The quantitative estimate of drug-likeness (QED) is 0.733. The number of esters is 1. The van der Waals surface area contributed by atoms with Crippen LogP contribution in [0.2, 0.25) is 0 Å². The lowest BCUT2D eigenvalue weighted by Gasteiger charge is -2.33. The average molecular weight is 363 g/mol. The fourth-order valence-corrected chi connectivity index (χ4v) is 2.96. The number of para-hydroxylation sites is 1. The number of ether oxygens (including phenoxy) is 3. The van der Waals surface area contributed by atoms with Crippen LogP contribution in [0.25, 0.3) is 0 Å². The van der Waals surface area contributed by atoms with Crippen molar-refractivity contribution in [3.8, 4) is 5.75 Å². The second-order valence-corrected chi connectivity index (χ2v) is 7.40. The van der Waals surface area contributed by atoms with Crippen LogP contribution in [0.4, 0.5) is 4.79 Å². The lowest BCUT2D eigenvalue weighted by atomic mass is 9.90. The molecular weight excluding hydrogens is 334 g/mol. The highest BCUT2D eigenvalue weighted by Crippen LogP contribution is 2.37. The Hall–Kier alpha value is -2.24. The maximum atomic E-state index is 12.3. The Balaban J connectivity index is 2.17. The monoisotopic (exact) mass is 363 g/mol. The minimum absolute atomic E-state index is 0.0251. The van der Waals surface area contributed by atoms with E-state index in [0.717, 1.165) is 23.3 Å². The molecule has 0 N–H and O–H groups in total. The van der Waals surface area contributed by atoms with Crippen LogP contribution in [0.15, 0.2) is 18.2 Å². The van der Waals surface area contributed by atoms with Gasteiger partial charge in [-0.3, -0.25) is 9.69 Å². The summed E-state index contributed by atoms with van der Waals surface area (Å²) in [6.45, 7) is 10.3. The topological polar surface area (TPSA) is 65.1 Å². The maximum absolute atomic E-state index is 12.3. The van der Waals surface area contributed by atoms with E-state index in [2.05, 4.69) is 0 Å². The average Bonchev–Trinajstić information content (AvgIpc) is 2.57. The SMILES string of the molecule is CCOC(=O)C[C@@H](CC)c1cccc2c1OCN(C(=O)OC(C)(C)C)C2. The number of fused-ring (bicyclic) bond motifs is 1. The van der Waals surface area contributed by atoms with E-state index in [1.54, 1.807) is 6.92 Å². The summed E-state index contributed by atoms with van der Waals surface area (Å²) in [7, 11) is 0. The highest BCUT2D eigenvalue weighted by Gasteiger charge is 2.29. The third-order valence-electron chi connectivity index (χ3n) is 4.16. The summed E-state index contributed by atoms with van der Waals surface area (Å²) in [4.78, 5) is 25.7. The zero-order valence-corrected chi connectivity index (χ0v) is 16.3. The predicted molar refractivity (Wildman–Crippen MR) is 98.0 cm³/mol. The van der Waals surface area contributed by atoms with Crippen LogP contribution >= 0.6 is 0 Å². The van der Waals surface area contributed by atoms with Crippen molar-refractivity contribution in [2.75, 3.05) is 13.3 Å². The summed E-state index contributed by atoms with van der Waals surface area (Å²) in [5.41, 5.74) is 1.36. The zero-order valence-electron chi connectivity index (χ0n) is 16.3. The Morgan fingerprint density at radius 2 is 2.00 bits per heavy atom. The fraction of sp³-hybridized carbons (Fsp3) is 0.600. The molecule has 0 aromatic heterocycles. The van der Waals surface area contributed by atoms with Gasteiger partial charge in [-0.1, -0.05) is 25.1 Å². The molecule has 1 heterocycles. The van der Waals surface area contributed by atoms with E-state index in [0.29, 0.717) is 19.6 Å². The van der Waals surface area contributed by atoms with Gasteiger partial charge in [0.15, 0.2) is 6.73 Å². The van der Waals surface area contributed by atoms with Crippen LogP contribution in [-0.4, -0.2) is 35.9 Å². The minimum atomic E-state index is -0.549. The molecule has 26 heavy (non-hydrogen) atoms. The molecule has 0 aliphatic carbocycles. The standard InChI is InChI=1S/C20H29NO5/c1-6-14(11-17(22)24-7-2)16-10-8-9-15-12-21(13-25-18(15)16)19(23)26-20(3,4)5/h8-10,14H,6-7,11-13H2,1-5H3/t14-/m1/s1. The van der Waals surface area contributed by atoms with Gasteiger partial charge in [0, 0.05) is 5.56 Å². The number of hydrogen-bond donors (Lipinski definition) is 0. The van der Waals surface area contributed by atoms with Crippen molar-refractivity contribution in [3.05, 3.63) is 29.3 Å². The van der Waals surface area contributed by atoms with Crippen molar-refractivity contribution in [1.29, 1.82) is 0 Å². The van der Waals surface area contributed by atoms with Gasteiger partial charge in [0.1, 0.15) is 11.4 Å². The van der Waals surface area contributed by atoms with E-state index >= 15 is 0 Å². The van der Waals surface area contributed by atoms with E-state index < -0.39 is 11.7 Å². The Bertz CT molecular complexity index is 650. The van der Waals surface area contributed by atoms with Crippen LogP contribution < -0.4 is 4.74 Å². The van der Waals surface area contributed by atoms with Crippen LogP contribution in [0, 0.1) is 0 Å². The van der Waals surface area contributed by atoms with Crippen molar-refractivity contribution in [3.63, 3.8) is 0 Å². The van der Waals surface area contributed by atoms with E-state index in [1.165, 1.54) is 4.90 Å². The molecule has 0 bridgehead atoms. The first-order valence-electron chi connectivity index (χ1n) is 9.13. The molecule has 1 aromatic rings. The molecular formula is C20H29NO5. The summed E-state index contributed by atoms with van der Waals surface area (Å²) in [6.07, 6.45) is 0.723. The second kappa shape index (κ2) is 8.43. The summed E-state index contributed by atoms with van der Waals surface area (Å²) < 4.78 is 16.4. The number of hydrogen-bond acceptors (Lipinski definition) is 5. The second-order valence-electron chi connectivity index (χ2n) is 7.40. The van der Waals surface area contributed by atoms with Crippen molar-refractivity contribution in [2.45, 2.75) is 65.5 Å². The molecule has 0 unspecified atom stereocenters. The Morgan fingerprint density at radius 3 is 2.62 bits per heavy atom. The van der Waals surface area contributed by atoms with E-state index in [9.17, 15) is 9.59 Å². The largest absolute Gasteiger partial charge is 0.472 e. The van der Waals surface area contributed by atoms with Gasteiger partial charge in [-0.15, -0.1) is 0 Å². The van der Waals surface area contributed by atoms with E-state index in [1.807, 2.05) is 45.9 Å². The lowest BCUT2D eigenvalue weighted by molar-refractivity contribution is -0.143. The van der Waals surface area contributed by atoms with E-state index in [-0.39, 0.29) is 18.6 Å². The summed E-state index contributed by atoms with van der Waals surface area (Å²) in [5.74, 6) is 0.587. The van der Waals surface area contributed by atoms with Gasteiger partial charge in [-0.25, -0.2) is 4.79 Å². The molecule has 144 valence electrons. The van der Waals surface area contributed by atoms with Crippen LogP contribution in [0.3, 0.4) is 0 Å². The van der Waals surface area contributed by atoms with Crippen molar-refractivity contribution in [2.24, 2.45) is 0 Å². The first-order valence-corrected chi connectivity index (χ1v) is 9.13. The third kappa shape index (κ3) is 5.13. The molecule has 6 heteroatoms. The third-order valence-corrected chi connectivity index (χ3v) is 4.16. The predicted octanol–water partition coefficient (Wildman–Crippen LogP) is 4.22. The normalized spacial score (nSPS) is 14.9. The van der Waals surface area contributed by atoms with Gasteiger partial charge in [-0.2, -0.15) is 0 Å². The molecule has 0 saturated carbocycles. The summed E-state index contributed by atoms with van der Waals surface area (Å²) in [5, 5.41) is 0. The van der Waals surface area contributed by atoms with Crippen molar-refractivity contribution < 1.29 is 23.8 Å². The van der Waals surface area contributed by atoms with Crippen molar-refractivity contribution in [1.82, 2.24) is 4.90 Å². The molecule has 0 saturated heterocycles. The summed E-state index contributed by atoms with van der Waals surface area (Å²) in [6, 6.07) is 5.85. The highest BCUT2D eigenvalue weighted by atomic mass is 16.6. The smallest absolute Gasteiger partial charge is 0.413 e. The highest BCUT2D eigenvalue weighted by molar-refractivity contribution is 5.71. The molecule has 1 atom stereocenters. The van der Waals surface area contributed by atoms with Crippen molar-refractivity contribution >= 4 is 12.1 Å². The molecule has 0 radical (unpaired) electrons. The van der Waals surface area contributed by atoms with Gasteiger partial charge < -0.3 is 14.2 Å². The van der Waals surface area contributed by atoms with Gasteiger partial charge in [0.25, 0.3) is 0 Å². The van der Waals surface area contributed by atoms with Crippen LogP contribution in [0.1, 0.15) is 64.5 Å². The molecule has 0 spiro atoms. The van der Waals surface area contributed by atoms with Gasteiger partial charge in [0.05, 0.1) is 19.6 Å². The number of amides is 1. The number of nitrogens with zero attached hydrogens (tertiary/aromatic N) is 1. The number of benzene rings is 1. The lowest BCUT2D eigenvalue weighted by Crippen LogP contribution is -2.41. The fourth-order valence-electron chi connectivity index (χ4n) is 2.96. The number of carbonyl (C=O) groups is 2. The first kappa shape index (κ1) is 20.1. The molecule has 1 aliphatic heterocycles. The zero-order chi connectivity index (χ0) is 19.3.